The van der Waals surface area contributed by atoms with Gasteiger partial charge in [-0.25, -0.2) is 0 Å². The van der Waals surface area contributed by atoms with Crippen LogP contribution >= 0.6 is 11.3 Å². The van der Waals surface area contributed by atoms with Gasteiger partial charge in [0.1, 0.15) is 5.69 Å². The number of carbonyl (C=O) groups excluding carboxylic acids is 1. The van der Waals surface area contributed by atoms with Gasteiger partial charge in [0.05, 0.1) is 23.4 Å². The first kappa shape index (κ1) is 23.7. The molecule has 2 heterocycles. The van der Waals surface area contributed by atoms with Crippen molar-refractivity contribution in [2.24, 2.45) is 0 Å². The van der Waals surface area contributed by atoms with E-state index < -0.39 is 0 Å². The minimum Gasteiger partial charge on any atom is -0.490 e. The number of rotatable bonds is 11. The van der Waals surface area contributed by atoms with E-state index in [2.05, 4.69) is 34.3 Å². The smallest absolute Gasteiger partial charge is 0.267 e. The highest BCUT2D eigenvalue weighted by atomic mass is 32.1. The second-order valence-corrected chi connectivity index (χ2v) is 8.43. The van der Waals surface area contributed by atoms with E-state index in [1.165, 1.54) is 5.57 Å². The molecule has 0 bridgehead atoms. The number of hydrogen-bond donors (Lipinski definition) is 1. The van der Waals surface area contributed by atoms with Crippen LogP contribution in [0.5, 0.6) is 11.5 Å². The minimum absolute atomic E-state index is 0.0526. The molecule has 0 aliphatic heterocycles. The Morgan fingerprint density at radius 1 is 1.12 bits per heavy atom. The van der Waals surface area contributed by atoms with Crippen molar-refractivity contribution >= 4 is 27.5 Å². The van der Waals surface area contributed by atoms with Crippen molar-refractivity contribution < 1.29 is 14.3 Å². The zero-order valence-corrected chi connectivity index (χ0v) is 20.1. The van der Waals surface area contributed by atoms with Crippen LogP contribution in [0.25, 0.3) is 10.2 Å². The maximum atomic E-state index is 13.0. The van der Waals surface area contributed by atoms with E-state index >= 15 is 0 Å². The zero-order chi connectivity index (χ0) is 22.9. The highest BCUT2D eigenvalue weighted by Gasteiger charge is 2.16. The van der Waals surface area contributed by atoms with E-state index in [1.807, 2.05) is 57.2 Å². The summed E-state index contributed by atoms with van der Waals surface area (Å²) in [6, 6.07) is 10.0. The second-order valence-electron chi connectivity index (χ2n) is 7.48. The molecule has 0 spiro atoms. The van der Waals surface area contributed by atoms with Crippen LogP contribution in [0.2, 0.25) is 0 Å². The SMILES string of the molecule is CC=CC=C(C)Cn1c(C(=O)NCCc2ccc(OCC)c(OCC)c2)cc2sccc21. The molecular formula is C26H32N2O3S. The average molecular weight is 453 g/mol. The van der Waals surface area contributed by atoms with E-state index in [9.17, 15) is 4.79 Å². The van der Waals surface area contributed by atoms with Crippen LogP contribution in [0.15, 0.2) is 59.5 Å². The van der Waals surface area contributed by atoms with Crippen molar-refractivity contribution in [3.05, 3.63) is 70.8 Å². The minimum atomic E-state index is -0.0526. The summed E-state index contributed by atoms with van der Waals surface area (Å²) in [5, 5.41) is 5.15. The maximum absolute atomic E-state index is 13.0. The van der Waals surface area contributed by atoms with Crippen molar-refractivity contribution in [3.63, 3.8) is 0 Å². The molecule has 0 radical (unpaired) electrons. The molecule has 170 valence electrons. The molecule has 32 heavy (non-hydrogen) atoms. The highest BCUT2D eigenvalue weighted by Crippen LogP contribution is 2.29. The number of ether oxygens (including phenoxy) is 2. The zero-order valence-electron chi connectivity index (χ0n) is 19.3. The van der Waals surface area contributed by atoms with Crippen LogP contribution in [0, 0.1) is 0 Å². The topological polar surface area (TPSA) is 52.5 Å². The first-order chi connectivity index (χ1) is 15.6. The van der Waals surface area contributed by atoms with E-state index in [4.69, 9.17) is 9.47 Å². The van der Waals surface area contributed by atoms with Crippen LogP contribution < -0.4 is 14.8 Å². The summed E-state index contributed by atoms with van der Waals surface area (Å²) in [4.78, 5) is 13.0. The molecule has 5 nitrogen and oxygen atoms in total. The number of benzene rings is 1. The molecule has 0 unspecified atom stereocenters. The third-order valence-electron chi connectivity index (χ3n) is 5.04. The lowest BCUT2D eigenvalue weighted by Gasteiger charge is -2.13. The number of amides is 1. The summed E-state index contributed by atoms with van der Waals surface area (Å²) in [6.07, 6.45) is 6.83. The Bertz CT molecular complexity index is 1110. The van der Waals surface area contributed by atoms with Crippen molar-refractivity contribution in [2.75, 3.05) is 19.8 Å². The Balaban J connectivity index is 1.69. The van der Waals surface area contributed by atoms with Gasteiger partial charge in [-0.2, -0.15) is 0 Å². The van der Waals surface area contributed by atoms with Crippen LogP contribution in [0.1, 0.15) is 43.7 Å². The van der Waals surface area contributed by atoms with E-state index in [1.54, 1.807) is 11.3 Å². The number of hydrogen-bond acceptors (Lipinski definition) is 4. The van der Waals surface area contributed by atoms with Gasteiger partial charge in [0.25, 0.3) is 5.91 Å². The molecule has 3 rings (SSSR count). The molecule has 6 heteroatoms. The number of fused-ring (bicyclic) bond motifs is 1. The van der Waals surface area contributed by atoms with Gasteiger partial charge in [0.15, 0.2) is 11.5 Å². The van der Waals surface area contributed by atoms with Gasteiger partial charge >= 0.3 is 0 Å². The van der Waals surface area contributed by atoms with E-state index in [0.29, 0.717) is 38.4 Å². The number of thiophene rings is 1. The highest BCUT2D eigenvalue weighted by molar-refractivity contribution is 7.17. The normalized spacial score (nSPS) is 11.9. The molecule has 0 aliphatic carbocycles. The summed E-state index contributed by atoms with van der Waals surface area (Å²) in [6.45, 7) is 10.4. The molecule has 2 aromatic heterocycles. The molecule has 1 N–H and O–H groups in total. The summed E-state index contributed by atoms with van der Waals surface area (Å²) >= 11 is 1.66. The first-order valence-corrected chi connectivity index (χ1v) is 12.0. The van der Waals surface area contributed by atoms with Crippen LogP contribution in [-0.2, 0) is 13.0 Å². The Morgan fingerprint density at radius 3 is 2.66 bits per heavy atom. The van der Waals surface area contributed by atoms with Crippen molar-refractivity contribution in [3.8, 4) is 11.5 Å². The third kappa shape index (κ3) is 5.82. The van der Waals surface area contributed by atoms with Crippen LogP contribution in [0.4, 0.5) is 0 Å². The molecule has 0 atom stereocenters. The second kappa shape index (κ2) is 11.6. The molecule has 0 saturated carbocycles. The van der Waals surface area contributed by atoms with E-state index in [0.717, 1.165) is 27.3 Å². The fourth-order valence-electron chi connectivity index (χ4n) is 3.56. The largest absolute Gasteiger partial charge is 0.490 e. The van der Waals surface area contributed by atoms with Crippen molar-refractivity contribution in [1.29, 1.82) is 0 Å². The lowest BCUT2D eigenvalue weighted by molar-refractivity contribution is 0.0945. The number of allylic oxidation sites excluding steroid dienone is 4. The molecule has 1 amide bonds. The predicted octanol–water partition coefficient (Wildman–Crippen LogP) is 6.00. The quantitative estimate of drug-likeness (QED) is 0.363. The van der Waals surface area contributed by atoms with Gasteiger partial charge < -0.3 is 19.4 Å². The van der Waals surface area contributed by atoms with Gasteiger partial charge in [0.2, 0.25) is 0 Å². The number of carbonyl (C=O) groups is 1. The van der Waals surface area contributed by atoms with Gasteiger partial charge in [-0.3, -0.25) is 4.79 Å². The summed E-state index contributed by atoms with van der Waals surface area (Å²) < 4.78 is 14.6. The van der Waals surface area contributed by atoms with Gasteiger partial charge in [-0.15, -0.1) is 11.3 Å². The fraction of sp³-hybridized carbons (Fsp3) is 0.346. The Hall–Kier alpha value is -2.99. The number of nitrogens with zero attached hydrogens (tertiary/aromatic N) is 1. The molecule has 1 aromatic carbocycles. The standard InChI is InChI=1S/C26H32N2O3S/c1-5-8-9-19(4)18-28-21-13-15-32-25(21)17-22(28)26(29)27-14-12-20-10-11-23(30-6-2)24(16-20)31-7-3/h5,8-11,13,15-17H,6-7,12,14,18H2,1-4H3,(H,27,29). The number of aromatic nitrogens is 1. The summed E-state index contributed by atoms with van der Waals surface area (Å²) in [7, 11) is 0. The van der Waals surface area contributed by atoms with Crippen molar-refractivity contribution in [2.45, 2.75) is 40.7 Å². The Morgan fingerprint density at radius 2 is 1.91 bits per heavy atom. The van der Waals surface area contributed by atoms with Gasteiger partial charge in [-0.1, -0.05) is 29.9 Å². The van der Waals surface area contributed by atoms with Gasteiger partial charge in [-0.05, 0) is 69.3 Å². The Labute approximate surface area is 194 Å². The third-order valence-corrected chi connectivity index (χ3v) is 5.90. The molecule has 0 fully saturated rings. The van der Waals surface area contributed by atoms with Crippen LogP contribution in [-0.4, -0.2) is 30.2 Å². The summed E-state index contributed by atoms with van der Waals surface area (Å²) in [5.41, 5.74) is 4.08. The van der Waals surface area contributed by atoms with E-state index in [-0.39, 0.29) is 5.91 Å². The molecule has 0 aliphatic rings. The van der Waals surface area contributed by atoms with Gasteiger partial charge in [0, 0.05) is 13.1 Å². The summed E-state index contributed by atoms with van der Waals surface area (Å²) in [5.74, 6) is 1.44. The first-order valence-electron chi connectivity index (χ1n) is 11.1. The molecule has 3 aromatic rings. The maximum Gasteiger partial charge on any atom is 0.267 e. The number of nitrogens with one attached hydrogen (secondary N) is 1. The molecular weight excluding hydrogens is 420 g/mol. The molecule has 0 saturated heterocycles. The monoisotopic (exact) mass is 452 g/mol. The lowest BCUT2D eigenvalue weighted by atomic mass is 10.1. The average Bonchev–Trinajstić information content (AvgIpc) is 3.37. The van der Waals surface area contributed by atoms with Crippen LogP contribution in [0.3, 0.4) is 0 Å². The fourth-order valence-corrected chi connectivity index (χ4v) is 4.38. The predicted molar refractivity (Wildman–Crippen MR) is 133 cm³/mol. The van der Waals surface area contributed by atoms with Crippen molar-refractivity contribution in [1.82, 2.24) is 9.88 Å². The lowest BCUT2D eigenvalue weighted by Crippen LogP contribution is -2.28. The Kier molecular flexibility index (Phi) is 8.56.